The number of hydrogen-bond acceptors (Lipinski definition) is 2. The highest BCUT2D eigenvalue weighted by atomic mass is 32.2. The smallest absolute Gasteiger partial charge is 0.268 e. The van der Waals surface area contributed by atoms with Crippen molar-refractivity contribution in [3.63, 3.8) is 0 Å². The van der Waals surface area contributed by atoms with Gasteiger partial charge in [-0.3, -0.25) is 9.26 Å². The van der Waals surface area contributed by atoms with Crippen LogP contribution in [0.4, 0.5) is 4.70 Å². The molecule has 1 atom stereocenters. The maximum absolute atomic E-state index is 11.0. The lowest BCUT2D eigenvalue weighted by molar-refractivity contribution is 0.322. The fourth-order valence-electron chi connectivity index (χ4n) is 2.29. The van der Waals surface area contributed by atoms with Gasteiger partial charge in [0, 0.05) is 0 Å². The summed E-state index contributed by atoms with van der Waals surface area (Å²) in [6.07, 6.45) is 5.87. The standard InChI is InChI=1S/C9H18O3S.FH/c1-2-9(13(10,11)12)8-6-4-3-5-7-8;/h8-9H,2-7H2,1H3,(H,10,11,12);1H. The fraction of sp³-hybridized carbons (Fsp3) is 1.00. The summed E-state index contributed by atoms with van der Waals surface area (Å²) in [7, 11) is -3.81. The Morgan fingerprint density at radius 1 is 1.29 bits per heavy atom. The van der Waals surface area contributed by atoms with Crippen molar-refractivity contribution < 1.29 is 17.7 Å². The molecule has 1 unspecified atom stereocenters. The molecule has 1 aliphatic carbocycles. The summed E-state index contributed by atoms with van der Waals surface area (Å²) in [5.74, 6) is 0.189. The normalized spacial score (nSPS) is 21.3. The van der Waals surface area contributed by atoms with Crippen molar-refractivity contribution in [2.45, 2.75) is 50.7 Å². The first kappa shape index (κ1) is 13.8. The van der Waals surface area contributed by atoms with Crippen LogP contribution in [0.1, 0.15) is 45.4 Å². The topological polar surface area (TPSA) is 54.4 Å². The van der Waals surface area contributed by atoms with Crippen LogP contribution in [0.2, 0.25) is 0 Å². The SMILES string of the molecule is CCC(C1CCCCC1)S(=O)(=O)O.F. The third-order valence-corrected chi connectivity index (χ3v) is 4.44. The second-order valence-electron chi connectivity index (χ2n) is 3.86. The average Bonchev–Trinajstić information content (AvgIpc) is 2.05. The van der Waals surface area contributed by atoms with Crippen LogP contribution in [0.3, 0.4) is 0 Å². The maximum atomic E-state index is 11.0. The van der Waals surface area contributed by atoms with Gasteiger partial charge in [0.15, 0.2) is 0 Å². The highest BCUT2D eigenvalue weighted by Crippen LogP contribution is 2.30. The molecule has 0 bridgehead atoms. The van der Waals surface area contributed by atoms with Gasteiger partial charge < -0.3 is 0 Å². The molecule has 86 valence electrons. The second-order valence-corrected chi connectivity index (χ2v) is 5.50. The van der Waals surface area contributed by atoms with Crippen molar-refractivity contribution in [3.05, 3.63) is 0 Å². The molecule has 0 radical (unpaired) electrons. The van der Waals surface area contributed by atoms with Crippen molar-refractivity contribution in [3.8, 4) is 0 Å². The van der Waals surface area contributed by atoms with Crippen LogP contribution >= 0.6 is 0 Å². The predicted molar refractivity (Wildman–Crippen MR) is 54.7 cm³/mol. The maximum Gasteiger partial charge on any atom is 0.268 e. The summed E-state index contributed by atoms with van der Waals surface area (Å²) in [6.45, 7) is 1.83. The Kier molecular flexibility index (Phi) is 5.59. The van der Waals surface area contributed by atoms with E-state index in [1.165, 1.54) is 6.42 Å². The molecule has 0 saturated heterocycles. The van der Waals surface area contributed by atoms with E-state index in [0.29, 0.717) is 6.42 Å². The molecule has 0 heterocycles. The number of hydrogen-bond donors (Lipinski definition) is 1. The van der Waals surface area contributed by atoms with Gasteiger partial charge in [-0.1, -0.05) is 26.2 Å². The Hall–Kier alpha value is -0.160. The van der Waals surface area contributed by atoms with Crippen molar-refractivity contribution in [2.75, 3.05) is 0 Å². The van der Waals surface area contributed by atoms with Gasteiger partial charge in [0.1, 0.15) is 0 Å². The lowest BCUT2D eigenvalue weighted by atomic mass is 9.86. The third-order valence-electron chi connectivity index (χ3n) is 2.96. The van der Waals surface area contributed by atoms with Gasteiger partial charge in [0.25, 0.3) is 10.1 Å². The van der Waals surface area contributed by atoms with Crippen LogP contribution in [-0.4, -0.2) is 18.2 Å². The molecule has 0 amide bonds. The van der Waals surface area contributed by atoms with Gasteiger partial charge in [-0.05, 0) is 25.2 Å². The zero-order valence-corrected chi connectivity index (χ0v) is 9.29. The van der Waals surface area contributed by atoms with Crippen molar-refractivity contribution >= 4 is 10.1 Å². The molecule has 1 rings (SSSR count). The van der Waals surface area contributed by atoms with Crippen LogP contribution in [0, 0.1) is 5.92 Å². The van der Waals surface area contributed by atoms with Gasteiger partial charge >= 0.3 is 0 Å². The minimum absolute atomic E-state index is 0. The van der Waals surface area contributed by atoms with Gasteiger partial charge in [-0.15, -0.1) is 0 Å². The molecule has 1 N–H and O–H groups in total. The largest absolute Gasteiger partial charge is 0.285 e. The quantitative estimate of drug-likeness (QED) is 0.752. The molecule has 1 aliphatic rings. The van der Waals surface area contributed by atoms with Crippen LogP contribution in [0.15, 0.2) is 0 Å². The van der Waals surface area contributed by atoms with Crippen molar-refractivity contribution in [1.29, 1.82) is 0 Å². The van der Waals surface area contributed by atoms with E-state index in [4.69, 9.17) is 4.55 Å². The first-order valence-corrected chi connectivity index (χ1v) is 6.52. The Morgan fingerprint density at radius 2 is 1.79 bits per heavy atom. The molecule has 0 spiro atoms. The van der Waals surface area contributed by atoms with Crippen LogP contribution < -0.4 is 0 Å². The molecule has 0 aromatic heterocycles. The second kappa shape index (κ2) is 5.66. The minimum atomic E-state index is -3.81. The minimum Gasteiger partial charge on any atom is -0.285 e. The summed E-state index contributed by atoms with van der Waals surface area (Å²) < 4.78 is 31.0. The molecule has 0 aromatic carbocycles. The highest BCUT2D eigenvalue weighted by Gasteiger charge is 2.31. The lowest BCUT2D eigenvalue weighted by Gasteiger charge is -2.27. The molecular weight excluding hydrogens is 207 g/mol. The summed E-state index contributed by atoms with van der Waals surface area (Å²) in [6, 6.07) is 0. The average molecular weight is 226 g/mol. The van der Waals surface area contributed by atoms with Crippen molar-refractivity contribution in [2.24, 2.45) is 5.92 Å². The van der Waals surface area contributed by atoms with E-state index < -0.39 is 15.4 Å². The van der Waals surface area contributed by atoms with Gasteiger partial charge in [-0.2, -0.15) is 8.42 Å². The highest BCUT2D eigenvalue weighted by molar-refractivity contribution is 7.86. The zero-order chi connectivity index (χ0) is 9.90. The van der Waals surface area contributed by atoms with E-state index in [9.17, 15) is 8.42 Å². The fourth-order valence-corrected chi connectivity index (χ4v) is 3.47. The van der Waals surface area contributed by atoms with E-state index >= 15 is 0 Å². The Bertz CT molecular complexity index is 245. The first-order valence-electron chi connectivity index (χ1n) is 5.02. The monoisotopic (exact) mass is 226 g/mol. The molecule has 0 aliphatic heterocycles. The molecule has 3 nitrogen and oxygen atoms in total. The summed E-state index contributed by atoms with van der Waals surface area (Å²) >= 11 is 0. The Morgan fingerprint density at radius 3 is 2.14 bits per heavy atom. The molecule has 14 heavy (non-hydrogen) atoms. The molecule has 1 saturated carbocycles. The van der Waals surface area contributed by atoms with Crippen LogP contribution in [0.5, 0.6) is 0 Å². The Balaban J connectivity index is 0.00000169. The lowest BCUT2D eigenvalue weighted by Crippen LogP contribution is -2.30. The van der Waals surface area contributed by atoms with E-state index in [-0.39, 0.29) is 10.6 Å². The van der Waals surface area contributed by atoms with Gasteiger partial charge in [0.2, 0.25) is 0 Å². The van der Waals surface area contributed by atoms with E-state index in [0.717, 1.165) is 25.7 Å². The number of rotatable bonds is 3. The molecule has 5 heteroatoms. The summed E-state index contributed by atoms with van der Waals surface area (Å²) in [4.78, 5) is 0. The third kappa shape index (κ3) is 3.53. The summed E-state index contributed by atoms with van der Waals surface area (Å²) in [5, 5.41) is -0.521. The summed E-state index contributed by atoms with van der Waals surface area (Å²) in [5.41, 5.74) is 0. The molecule has 1 fully saturated rings. The predicted octanol–water partition coefficient (Wildman–Crippen LogP) is 2.39. The van der Waals surface area contributed by atoms with E-state index in [1.54, 1.807) is 0 Å². The van der Waals surface area contributed by atoms with Crippen LogP contribution in [-0.2, 0) is 10.1 Å². The van der Waals surface area contributed by atoms with Gasteiger partial charge in [0.05, 0.1) is 5.25 Å². The van der Waals surface area contributed by atoms with Crippen LogP contribution in [0.25, 0.3) is 0 Å². The van der Waals surface area contributed by atoms with Crippen molar-refractivity contribution in [1.82, 2.24) is 0 Å². The van der Waals surface area contributed by atoms with Gasteiger partial charge in [-0.25, -0.2) is 0 Å². The number of halogens is 1. The zero-order valence-electron chi connectivity index (χ0n) is 8.48. The molecule has 0 aromatic rings. The van der Waals surface area contributed by atoms with E-state index in [1.807, 2.05) is 6.92 Å². The Labute approximate surface area is 85.0 Å². The first-order chi connectivity index (χ1) is 6.05. The molecular formula is C9H19FO3S. The van der Waals surface area contributed by atoms with E-state index in [2.05, 4.69) is 0 Å².